The predicted octanol–water partition coefficient (Wildman–Crippen LogP) is 3.70. The Balaban J connectivity index is 1.78. The molecule has 0 radical (unpaired) electrons. The van der Waals surface area contributed by atoms with Crippen molar-refractivity contribution in [2.45, 2.75) is 69.9 Å². The highest BCUT2D eigenvalue weighted by Crippen LogP contribution is 2.40. The maximum absolute atomic E-state index is 11.1. The van der Waals surface area contributed by atoms with Gasteiger partial charge in [-0.1, -0.05) is 43.5 Å². The Labute approximate surface area is 129 Å². The monoisotopic (exact) mass is 287 g/mol. The van der Waals surface area contributed by atoms with E-state index in [9.17, 15) is 5.11 Å². The van der Waals surface area contributed by atoms with Crippen LogP contribution in [-0.4, -0.2) is 34.7 Å². The largest absolute Gasteiger partial charge is 0.391 e. The number of nitrogens with zero attached hydrogens (tertiary/aromatic N) is 1. The Hall–Kier alpha value is -0.860. The molecule has 1 aliphatic carbocycles. The quantitative estimate of drug-likeness (QED) is 0.913. The van der Waals surface area contributed by atoms with Gasteiger partial charge in [-0.2, -0.15) is 0 Å². The molecule has 1 heterocycles. The number of aliphatic hydroxyl groups is 1. The van der Waals surface area contributed by atoms with E-state index >= 15 is 0 Å². The van der Waals surface area contributed by atoms with Crippen molar-refractivity contribution in [2.75, 3.05) is 13.1 Å². The van der Waals surface area contributed by atoms with E-state index in [-0.39, 0.29) is 11.6 Å². The maximum atomic E-state index is 11.1. The average molecular weight is 287 g/mol. The second-order valence-electron chi connectivity index (χ2n) is 7.00. The third-order valence-corrected chi connectivity index (χ3v) is 5.75. The first-order valence-electron chi connectivity index (χ1n) is 8.70. The van der Waals surface area contributed by atoms with Gasteiger partial charge in [0.1, 0.15) is 0 Å². The highest BCUT2D eigenvalue weighted by Gasteiger charge is 2.45. The van der Waals surface area contributed by atoms with E-state index in [4.69, 9.17) is 0 Å². The topological polar surface area (TPSA) is 23.5 Å². The lowest BCUT2D eigenvalue weighted by atomic mass is 9.82. The molecule has 0 aromatic heterocycles. The van der Waals surface area contributed by atoms with Gasteiger partial charge in [0.2, 0.25) is 0 Å². The molecule has 3 rings (SSSR count). The molecule has 1 unspecified atom stereocenters. The lowest BCUT2D eigenvalue weighted by molar-refractivity contribution is -0.0381. The molecule has 116 valence electrons. The first-order chi connectivity index (χ1) is 10.2. The number of rotatable bonds is 4. The van der Waals surface area contributed by atoms with Crippen LogP contribution in [-0.2, 0) is 6.42 Å². The van der Waals surface area contributed by atoms with Crippen molar-refractivity contribution in [1.29, 1.82) is 0 Å². The first kappa shape index (κ1) is 15.1. The standard InChI is InChI=1S/C19H29NO/c1-16-9-3-4-10-17(16)15-18(21)19(11-5-6-12-19)20-13-7-2-8-14-20/h3-4,9-10,18,21H,2,5-8,11-15H2,1H3. The third-order valence-electron chi connectivity index (χ3n) is 5.75. The normalized spacial score (nSPS) is 24.1. The van der Waals surface area contributed by atoms with Crippen molar-refractivity contribution >= 4 is 0 Å². The molecule has 1 saturated heterocycles. The Bertz CT molecular complexity index is 458. The molecule has 21 heavy (non-hydrogen) atoms. The molecular weight excluding hydrogens is 258 g/mol. The minimum atomic E-state index is -0.223. The van der Waals surface area contributed by atoms with E-state index in [1.54, 1.807) is 0 Å². The van der Waals surface area contributed by atoms with Crippen molar-refractivity contribution < 1.29 is 5.11 Å². The van der Waals surface area contributed by atoms with Crippen LogP contribution in [0.3, 0.4) is 0 Å². The third kappa shape index (κ3) is 3.02. The zero-order valence-electron chi connectivity index (χ0n) is 13.4. The summed E-state index contributed by atoms with van der Waals surface area (Å²) in [5.41, 5.74) is 2.68. The number of likely N-dealkylation sites (tertiary alicyclic amines) is 1. The molecule has 1 aliphatic heterocycles. The van der Waals surface area contributed by atoms with Crippen LogP contribution in [0.25, 0.3) is 0 Å². The number of hydrogen-bond acceptors (Lipinski definition) is 2. The summed E-state index contributed by atoms with van der Waals surface area (Å²) in [6.07, 6.45) is 9.48. The maximum Gasteiger partial charge on any atom is 0.0764 e. The lowest BCUT2D eigenvalue weighted by Gasteiger charge is -2.46. The van der Waals surface area contributed by atoms with Crippen molar-refractivity contribution in [3.8, 4) is 0 Å². The summed E-state index contributed by atoms with van der Waals surface area (Å²) in [5, 5.41) is 11.1. The van der Waals surface area contributed by atoms with Gasteiger partial charge in [-0.15, -0.1) is 0 Å². The zero-order valence-corrected chi connectivity index (χ0v) is 13.4. The summed E-state index contributed by atoms with van der Waals surface area (Å²) in [7, 11) is 0. The van der Waals surface area contributed by atoms with Gasteiger partial charge in [0, 0.05) is 12.0 Å². The molecule has 1 aromatic carbocycles. The second-order valence-corrected chi connectivity index (χ2v) is 7.00. The fourth-order valence-electron chi connectivity index (χ4n) is 4.42. The summed E-state index contributed by atoms with van der Waals surface area (Å²) in [6, 6.07) is 8.51. The zero-order chi connectivity index (χ0) is 14.7. The van der Waals surface area contributed by atoms with Crippen LogP contribution in [0.5, 0.6) is 0 Å². The molecular formula is C19H29NO. The Morgan fingerprint density at radius 2 is 1.71 bits per heavy atom. The van der Waals surface area contributed by atoms with Crippen molar-refractivity contribution in [3.05, 3.63) is 35.4 Å². The van der Waals surface area contributed by atoms with Gasteiger partial charge in [0.25, 0.3) is 0 Å². The highest BCUT2D eigenvalue weighted by atomic mass is 16.3. The van der Waals surface area contributed by atoms with Gasteiger partial charge in [-0.25, -0.2) is 0 Å². The van der Waals surface area contributed by atoms with Gasteiger partial charge in [0.05, 0.1) is 6.10 Å². The van der Waals surface area contributed by atoms with Gasteiger partial charge in [-0.3, -0.25) is 4.90 Å². The summed E-state index contributed by atoms with van der Waals surface area (Å²) in [5.74, 6) is 0. The fraction of sp³-hybridized carbons (Fsp3) is 0.684. The van der Waals surface area contributed by atoms with Crippen LogP contribution < -0.4 is 0 Å². The highest BCUT2D eigenvalue weighted by molar-refractivity contribution is 5.27. The molecule has 0 bridgehead atoms. The lowest BCUT2D eigenvalue weighted by Crippen LogP contribution is -2.57. The van der Waals surface area contributed by atoms with Gasteiger partial charge >= 0.3 is 0 Å². The second kappa shape index (κ2) is 6.50. The molecule has 1 N–H and O–H groups in total. The van der Waals surface area contributed by atoms with Gasteiger partial charge in [0.15, 0.2) is 0 Å². The van der Waals surface area contributed by atoms with Gasteiger partial charge in [-0.05, 0) is 56.8 Å². The van der Waals surface area contributed by atoms with E-state index in [0.717, 1.165) is 6.42 Å². The van der Waals surface area contributed by atoms with Crippen molar-refractivity contribution in [3.63, 3.8) is 0 Å². The molecule has 2 heteroatoms. The Kier molecular flexibility index (Phi) is 4.66. The van der Waals surface area contributed by atoms with Crippen LogP contribution in [0.1, 0.15) is 56.1 Å². The molecule has 1 aromatic rings. The minimum absolute atomic E-state index is 0.0582. The van der Waals surface area contributed by atoms with Gasteiger partial charge < -0.3 is 5.11 Å². The average Bonchev–Trinajstić information content (AvgIpc) is 3.01. The summed E-state index contributed by atoms with van der Waals surface area (Å²) >= 11 is 0. The Morgan fingerprint density at radius 1 is 1.05 bits per heavy atom. The summed E-state index contributed by atoms with van der Waals surface area (Å²) < 4.78 is 0. The molecule has 0 amide bonds. The summed E-state index contributed by atoms with van der Waals surface area (Å²) in [6.45, 7) is 4.53. The van der Waals surface area contributed by atoms with Crippen LogP contribution in [0.2, 0.25) is 0 Å². The SMILES string of the molecule is Cc1ccccc1CC(O)C1(N2CCCCC2)CCCC1. The number of benzene rings is 1. The minimum Gasteiger partial charge on any atom is -0.391 e. The smallest absolute Gasteiger partial charge is 0.0764 e. The molecule has 2 fully saturated rings. The fourth-order valence-corrected chi connectivity index (χ4v) is 4.42. The Morgan fingerprint density at radius 3 is 2.38 bits per heavy atom. The number of aryl methyl sites for hydroxylation is 1. The molecule has 2 aliphatic rings. The van der Waals surface area contributed by atoms with Crippen LogP contribution >= 0.6 is 0 Å². The molecule has 0 spiro atoms. The molecule has 1 saturated carbocycles. The number of aliphatic hydroxyl groups excluding tert-OH is 1. The molecule has 1 atom stereocenters. The van der Waals surface area contributed by atoms with E-state index in [1.807, 2.05) is 0 Å². The summed E-state index contributed by atoms with van der Waals surface area (Å²) in [4.78, 5) is 2.63. The number of piperidine rings is 1. The van der Waals surface area contributed by atoms with Crippen molar-refractivity contribution in [1.82, 2.24) is 4.90 Å². The number of hydrogen-bond donors (Lipinski definition) is 1. The van der Waals surface area contributed by atoms with Crippen molar-refractivity contribution in [2.24, 2.45) is 0 Å². The van der Waals surface area contributed by atoms with Crippen LogP contribution in [0, 0.1) is 6.92 Å². The van der Waals surface area contributed by atoms with Crippen LogP contribution in [0.15, 0.2) is 24.3 Å². The van der Waals surface area contributed by atoms with E-state index in [2.05, 4.69) is 36.1 Å². The van der Waals surface area contributed by atoms with E-state index < -0.39 is 0 Å². The van der Waals surface area contributed by atoms with E-state index in [0.29, 0.717) is 0 Å². The molecule has 2 nitrogen and oxygen atoms in total. The first-order valence-corrected chi connectivity index (χ1v) is 8.70. The van der Waals surface area contributed by atoms with Crippen LogP contribution in [0.4, 0.5) is 0 Å². The predicted molar refractivity (Wildman–Crippen MR) is 87.5 cm³/mol. The van der Waals surface area contributed by atoms with E-state index in [1.165, 1.54) is 69.2 Å².